The number of furan rings is 1. The molecular weight excluding hydrogens is 699 g/mol. The van der Waals surface area contributed by atoms with Crippen molar-refractivity contribution >= 4 is 65.6 Å². The van der Waals surface area contributed by atoms with Crippen molar-refractivity contribution in [3.8, 4) is 45.5 Å². The van der Waals surface area contributed by atoms with Gasteiger partial charge in [-0.05, 0) is 54.6 Å². The summed E-state index contributed by atoms with van der Waals surface area (Å²) in [6.45, 7) is 0. The lowest BCUT2D eigenvalue weighted by Crippen LogP contribution is -2.00. The zero-order chi connectivity index (χ0) is 37.5. The molecule has 8 aromatic carbocycles. The summed E-state index contributed by atoms with van der Waals surface area (Å²) in [4.78, 5) is 15.2. The minimum Gasteiger partial charge on any atom is -0.454 e. The van der Waals surface area contributed by atoms with Crippen molar-refractivity contribution in [3.63, 3.8) is 0 Å². The average Bonchev–Trinajstić information content (AvgIpc) is 3.95. The summed E-state index contributed by atoms with van der Waals surface area (Å²) >= 11 is 0. The molecule has 12 rings (SSSR count). The van der Waals surface area contributed by atoms with Crippen LogP contribution in [0.4, 0.5) is 0 Å². The second-order valence-electron chi connectivity index (χ2n) is 14.4. The molecule has 4 heterocycles. The van der Waals surface area contributed by atoms with Crippen LogP contribution in [0.2, 0.25) is 0 Å². The molecule has 6 nitrogen and oxygen atoms in total. The molecule has 0 unspecified atom stereocenters. The molecule has 0 aliphatic heterocycles. The van der Waals surface area contributed by atoms with Crippen molar-refractivity contribution in [2.24, 2.45) is 0 Å². The van der Waals surface area contributed by atoms with Crippen LogP contribution < -0.4 is 0 Å². The summed E-state index contributed by atoms with van der Waals surface area (Å²) < 4.78 is 11.8. The molecule has 6 heteroatoms. The van der Waals surface area contributed by atoms with Crippen LogP contribution in [0.1, 0.15) is 0 Å². The van der Waals surface area contributed by atoms with E-state index in [0.29, 0.717) is 17.5 Å². The molecule has 12 aromatic rings. The highest BCUT2D eigenvalue weighted by Gasteiger charge is 2.28. The molecule has 0 fully saturated rings. The maximum atomic E-state index is 7.01. The minimum absolute atomic E-state index is 0.611. The van der Waals surface area contributed by atoms with E-state index < -0.39 is 0 Å². The summed E-state index contributed by atoms with van der Waals surface area (Å²) in [6, 6.07) is 65.3. The van der Waals surface area contributed by atoms with Crippen LogP contribution in [0.5, 0.6) is 0 Å². The Kier molecular flexibility index (Phi) is 6.83. The van der Waals surface area contributed by atoms with E-state index in [2.05, 4.69) is 130 Å². The van der Waals surface area contributed by atoms with Crippen LogP contribution in [-0.2, 0) is 0 Å². The number of para-hydroxylation sites is 4. The highest BCUT2D eigenvalue weighted by Crippen LogP contribution is 2.50. The Hall–Kier alpha value is -7.83. The number of nitrogens with zero attached hydrogens (tertiary/aromatic N) is 5. The lowest BCUT2D eigenvalue weighted by atomic mass is 10.0. The molecule has 0 spiro atoms. The maximum absolute atomic E-state index is 7.01. The van der Waals surface area contributed by atoms with Gasteiger partial charge in [-0.3, -0.25) is 0 Å². The summed E-state index contributed by atoms with van der Waals surface area (Å²) in [5.41, 5.74) is 11.0. The van der Waals surface area contributed by atoms with Crippen LogP contribution >= 0.6 is 0 Å². The molecule has 0 saturated heterocycles. The van der Waals surface area contributed by atoms with E-state index in [-0.39, 0.29) is 0 Å². The van der Waals surface area contributed by atoms with Crippen LogP contribution in [0.3, 0.4) is 0 Å². The molecule has 0 radical (unpaired) electrons. The van der Waals surface area contributed by atoms with Crippen molar-refractivity contribution in [1.29, 1.82) is 0 Å². The first kappa shape index (κ1) is 31.5. The molecular formula is C51H31N5O. The second kappa shape index (κ2) is 12.3. The van der Waals surface area contributed by atoms with Crippen LogP contribution in [0, 0.1) is 0 Å². The van der Waals surface area contributed by atoms with E-state index in [1.165, 1.54) is 0 Å². The number of benzene rings is 8. The van der Waals surface area contributed by atoms with Gasteiger partial charge in [0.1, 0.15) is 5.58 Å². The van der Waals surface area contributed by atoms with Gasteiger partial charge in [-0.15, -0.1) is 0 Å². The summed E-state index contributed by atoms with van der Waals surface area (Å²) in [7, 11) is 0. The van der Waals surface area contributed by atoms with E-state index in [0.717, 1.165) is 93.6 Å². The Labute approximate surface area is 326 Å². The Morgan fingerprint density at radius 3 is 1.47 bits per heavy atom. The van der Waals surface area contributed by atoms with E-state index in [1.54, 1.807) is 0 Å². The second-order valence-corrected chi connectivity index (χ2v) is 14.4. The highest BCUT2D eigenvalue weighted by molar-refractivity contribution is 6.39. The molecule has 0 atom stereocenters. The molecule has 0 saturated carbocycles. The fourth-order valence-corrected chi connectivity index (χ4v) is 8.70. The van der Waals surface area contributed by atoms with E-state index in [1.807, 2.05) is 66.7 Å². The number of fused-ring (bicyclic) bond motifs is 12. The highest BCUT2D eigenvalue weighted by atomic mass is 16.3. The van der Waals surface area contributed by atoms with Crippen molar-refractivity contribution in [1.82, 2.24) is 24.1 Å². The third-order valence-corrected chi connectivity index (χ3v) is 11.1. The summed E-state index contributed by atoms with van der Waals surface area (Å²) in [6.07, 6.45) is 0. The standard InChI is InChI=1S/C51H31N5O/c1-5-17-32(18-6-1)49-52-50(33-19-7-2-8-20-33)54-51(53-49)34-29-30-41-39(31-34)43-44-38-26-14-16-28-42(38)57-48(44)47-45(46(43)55(41)35-21-9-3-10-22-35)37-25-13-15-27-40(37)56(47)36-23-11-4-12-24-36/h1-31H. The van der Waals surface area contributed by atoms with E-state index in [9.17, 15) is 0 Å². The van der Waals surface area contributed by atoms with Gasteiger partial charge in [0.15, 0.2) is 23.1 Å². The third kappa shape index (κ3) is 4.74. The number of hydrogen-bond acceptors (Lipinski definition) is 4. The van der Waals surface area contributed by atoms with Crippen molar-refractivity contribution < 1.29 is 4.42 Å². The molecule has 0 N–H and O–H groups in total. The zero-order valence-electron chi connectivity index (χ0n) is 30.5. The fourth-order valence-electron chi connectivity index (χ4n) is 8.70. The molecule has 0 bridgehead atoms. The summed E-state index contributed by atoms with van der Waals surface area (Å²) in [5, 5.41) is 6.65. The van der Waals surface area contributed by atoms with Gasteiger partial charge in [-0.2, -0.15) is 0 Å². The fraction of sp³-hybridized carbons (Fsp3) is 0. The SMILES string of the molecule is c1ccc(-c2nc(-c3ccccc3)nc(-c3ccc4c(c3)c3c5c6ccccc6oc5c5c(c6ccccc6n5-c5ccccc5)c3n4-c3ccccc3)n2)cc1. The third-order valence-electron chi connectivity index (χ3n) is 11.1. The van der Waals surface area contributed by atoms with Gasteiger partial charge in [0.2, 0.25) is 0 Å². The predicted octanol–water partition coefficient (Wildman–Crippen LogP) is 13.0. The Balaban J connectivity index is 1.27. The van der Waals surface area contributed by atoms with Crippen LogP contribution in [0.25, 0.3) is 111 Å². The largest absolute Gasteiger partial charge is 0.454 e. The topological polar surface area (TPSA) is 61.7 Å². The Morgan fingerprint density at radius 1 is 0.351 bits per heavy atom. The Bertz CT molecular complexity index is 3440. The number of aromatic nitrogens is 5. The van der Waals surface area contributed by atoms with Crippen LogP contribution in [0.15, 0.2) is 192 Å². The van der Waals surface area contributed by atoms with Gasteiger partial charge in [0, 0.05) is 60.4 Å². The summed E-state index contributed by atoms with van der Waals surface area (Å²) in [5.74, 6) is 1.87. The van der Waals surface area contributed by atoms with Gasteiger partial charge in [-0.25, -0.2) is 15.0 Å². The van der Waals surface area contributed by atoms with Gasteiger partial charge in [-0.1, -0.05) is 133 Å². The molecule has 0 aliphatic carbocycles. The first-order valence-corrected chi connectivity index (χ1v) is 19.1. The van der Waals surface area contributed by atoms with Gasteiger partial charge in [0.25, 0.3) is 0 Å². The van der Waals surface area contributed by atoms with Crippen molar-refractivity contribution in [3.05, 3.63) is 188 Å². The first-order chi connectivity index (χ1) is 28.3. The quantitative estimate of drug-likeness (QED) is 0.177. The molecule has 266 valence electrons. The molecule has 57 heavy (non-hydrogen) atoms. The predicted molar refractivity (Wildman–Crippen MR) is 232 cm³/mol. The van der Waals surface area contributed by atoms with E-state index >= 15 is 0 Å². The zero-order valence-corrected chi connectivity index (χ0v) is 30.5. The van der Waals surface area contributed by atoms with Gasteiger partial charge >= 0.3 is 0 Å². The normalized spacial score (nSPS) is 11.9. The smallest absolute Gasteiger partial charge is 0.164 e. The molecule has 0 aliphatic rings. The molecule has 0 amide bonds. The Morgan fingerprint density at radius 2 is 0.842 bits per heavy atom. The first-order valence-electron chi connectivity index (χ1n) is 19.1. The van der Waals surface area contributed by atoms with Crippen molar-refractivity contribution in [2.75, 3.05) is 0 Å². The lowest BCUT2D eigenvalue weighted by molar-refractivity contribution is 0.671. The van der Waals surface area contributed by atoms with E-state index in [4.69, 9.17) is 19.4 Å². The monoisotopic (exact) mass is 729 g/mol. The van der Waals surface area contributed by atoms with Crippen LogP contribution in [-0.4, -0.2) is 24.1 Å². The lowest BCUT2D eigenvalue weighted by Gasteiger charge is -2.11. The van der Waals surface area contributed by atoms with Crippen molar-refractivity contribution in [2.45, 2.75) is 0 Å². The van der Waals surface area contributed by atoms with Gasteiger partial charge < -0.3 is 13.6 Å². The minimum atomic E-state index is 0.611. The maximum Gasteiger partial charge on any atom is 0.164 e. The molecule has 4 aromatic heterocycles. The number of hydrogen-bond donors (Lipinski definition) is 0. The number of rotatable bonds is 5. The average molecular weight is 730 g/mol. The van der Waals surface area contributed by atoms with Gasteiger partial charge in [0.05, 0.1) is 22.1 Å².